The summed E-state index contributed by atoms with van der Waals surface area (Å²) in [5.41, 5.74) is 2.16. The Labute approximate surface area is 182 Å². The summed E-state index contributed by atoms with van der Waals surface area (Å²) in [5.74, 6) is 0.265. The van der Waals surface area contributed by atoms with Gasteiger partial charge in [-0.3, -0.25) is 0 Å². The first-order valence-corrected chi connectivity index (χ1v) is 10.3. The maximum absolute atomic E-state index is 11.2. The van der Waals surface area contributed by atoms with E-state index in [0.717, 1.165) is 17.0 Å². The van der Waals surface area contributed by atoms with Crippen LogP contribution in [-0.4, -0.2) is 11.0 Å². The normalized spacial score (nSPS) is 10.6. The molecule has 5 nitrogen and oxygen atoms in total. The number of ether oxygens (including phenoxy) is 1. The molecule has 0 amide bonds. The molecule has 0 atom stereocenters. The Morgan fingerprint density at radius 3 is 2.43 bits per heavy atom. The average Bonchev–Trinajstić information content (AvgIpc) is 3.10. The molecule has 0 bridgehead atoms. The molecule has 4 aromatic rings. The van der Waals surface area contributed by atoms with Crippen molar-refractivity contribution in [1.29, 1.82) is 0 Å². The number of hydrogen-bond acceptors (Lipinski definition) is 6. The summed E-state index contributed by atoms with van der Waals surface area (Å²) in [6, 6.07) is 24.1. The van der Waals surface area contributed by atoms with Crippen LogP contribution in [0, 0.1) is 0 Å². The van der Waals surface area contributed by atoms with Crippen molar-refractivity contribution < 1.29 is 14.6 Å². The van der Waals surface area contributed by atoms with Crippen molar-refractivity contribution >= 4 is 39.7 Å². The second kappa shape index (κ2) is 8.98. The zero-order chi connectivity index (χ0) is 20.9. The highest BCUT2D eigenvalue weighted by atomic mass is 35.5. The Hall–Kier alpha value is -3.35. The second-order valence-corrected chi connectivity index (χ2v) is 7.93. The van der Waals surface area contributed by atoms with Crippen LogP contribution in [0.2, 0.25) is 5.02 Å². The molecule has 7 heteroatoms. The first-order chi connectivity index (χ1) is 14.6. The number of carbonyl (C=O) groups is 1. The lowest BCUT2D eigenvalue weighted by atomic mass is 10.1. The molecule has 0 unspecified atom stereocenters. The number of para-hydroxylation sites is 1. The Morgan fingerprint density at radius 2 is 1.73 bits per heavy atom. The molecule has 1 aromatic heterocycles. The van der Waals surface area contributed by atoms with Crippen molar-refractivity contribution in [3.8, 4) is 22.8 Å². The third-order valence-corrected chi connectivity index (χ3v) is 5.39. The Balaban J connectivity index is 1.60. The van der Waals surface area contributed by atoms with Crippen LogP contribution in [0.15, 0.2) is 78.9 Å². The predicted octanol–water partition coefficient (Wildman–Crippen LogP) is 5.29. The van der Waals surface area contributed by atoms with Gasteiger partial charge in [0.15, 0.2) is 5.13 Å². The molecule has 1 N–H and O–H groups in total. The zero-order valence-electron chi connectivity index (χ0n) is 15.7. The van der Waals surface area contributed by atoms with E-state index in [1.165, 1.54) is 11.3 Å². The fourth-order valence-corrected chi connectivity index (χ4v) is 4.06. The largest absolute Gasteiger partial charge is 0.550 e. The van der Waals surface area contributed by atoms with Crippen LogP contribution in [0.1, 0.15) is 4.88 Å². The number of carbonyl (C=O) groups excluding carboxylic acids is 1. The molecule has 0 aliphatic carbocycles. The summed E-state index contributed by atoms with van der Waals surface area (Å²) in [4.78, 5) is 16.4. The summed E-state index contributed by atoms with van der Waals surface area (Å²) >= 11 is 7.30. The zero-order valence-corrected chi connectivity index (χ0v) is 17.2. The molecule has 150 valence electrons. The van der Waals surface area contributed by atoms with E-state index >= 15 is 0 Å². The fourth-order valence-electron chi connectivity index (χ4n) is 2.88. The van der Waals surface area contributed by atoms with Gasteiger partial charge in [-0.05, 0) is 54.6 Å². The quantitative estimate of drug-likeness (QED) is 0.426. The van der Waals surface area contributed by atoms with E-state index in [0.29, 0.717) is 26.5 Å². The van der Waals surface area contributed by atoms with Crippen molar-refractivity contribution in [2.24, 2.45) is 0 Å². The van der Waals surface area contributed by atoms with Gasteiger partial charge in [-0.25, -0.2) is 4.98 Å². The maximum atomic E-state index is 11.2. The maximum Gasteiger partial charge on any atom is 0.187 e. The van der Waals surface area contributed by atoms with Crippen molar-refractivity contribution in [3.05, 3.63) is 88.8 Å². The minimum atomic E-state index is -1.15. The number of carboxylic acid groups (broad SMARTS) is 1. The van der Waals surface area contributed by atoms with Gasteiger partial charge in [0.1, 0.15) is 11.5 Å². The number of nitrogens with one attached hydrogen (secondary N) is 1. The van der Waals surface area contributed by atoms with Gasteiger partial charge < -0.3 is 20.0 Å². The Morgan fingerprint density at radius 1 is 1.00 bits per heavy atom. The number of aliphatic carboxylic acids is 1. The van der Waals surface area contributed by atoms with Crippen molar-refractivity contribution in [2.45, 2.75) is 6.42 Å². The number of thiazole rings is 1. The Kier molecular flexibility index (Phi) is 5.97. The molecule has 0 radical (unpaired) electrons. The highest BCUT2D eigenvalue weighted by molar-refractivity contribution is 7.16. The van der Waals surface area contributed by atoms with E-state index in [2.05, 4.69) is 10.3 Å². The van der Waals surface area contributed by atoms with Crippen molar-refractivity contribution in [3.63, 3.8) is 0 Å². The molecule has 0 saturated carbocycles. The molecule has 1 heterocycles. The number of rotatable bonds is 7. The standard InChI is InChI=1S/C23H17ClN2O3S/c24-16-5-4-6-17(13-16)25-23-26-22(20(30-23)14-21(27)28)15-9-11-19(12-10-15)29-18-7-2-1-3-8-18/h1-13H,14H2,(H,25,26)(H,27,28)/p-1. The van der Waals surface area contributed by atoms with Crippen LogP contribution in [0.3, 0.4) is 0 Å². The van der Waals surface area contributed by atoms with Gasteiger partial charge in [-0.1, -0.05) is 35.9 Å². The SMILES string of the molecule is O=C([O-])Cc1sc(Nc2cccc(Cl)c2)nc1-c1ccc(Oc2ccccc2)cc1. The van der Waals surface area contributed by atoms with E-state index in [-0.39, 0.29) is 6.42 Å². The lowest BCUT2D eigenvalue weighted by Gasteiger charge is -2.07. The van der Waals surface area contributed by atoms with Gasteiger partial charge >= 0.3 is 0 Å². The van der Waals surface area contributed by atoms with Crippen molar-refractivity contribution in [2.75, 3.05) is 5.32 Å². The molecule has 0 aliphatic rings. The predicted molar refractivity (Wildman–Crippen MR) is 118 cm³/mol. The summed E-state index contributed by atoms with van der Waals surface area (Å²) < 4.78 is 5.81. The number of nitrogens with zero attached hydrogens (tertiary/aromatic N) is 1. The molecule has 0 saturated heterocycles. The number of carboxylic acids is 1. The number of benzene rings is 3. The smallest absolute Gasteiger partial charge is 0.187 e. The van der Waals surface area contributed by atoms with E-state index in [1.807, 2.05) is 66.7 Å². The lowest BCUT2D eigenvalue weighted by molar-refractivity contribution is -0.304. The van der Waals surface area contributed by atoms with Gasteiger partial charge in [-0.2, -0.15) is 0 Å². The van der Waals surface area contributed by atoms with E-state index < -0.39 is 5.97 Å². The third-order valence-electron chi connectivity index (χ3n) is 4.18. The number of aromatic nitrogens is 1. The topological polar surface area (TPSA) is 74.3 Å². The van der Waals surface area contributed by atoms with Crippen LogP contribution >= 0.6 is 22.9 Å². The van der Waals surface area contributed by atoms with E-state index in [4.69, 9.17) is 16.3 Å². The molecule has 0 fully saturated rings. The number of anilines is 2. The second-order valence-electron chi connectivity index (χ2n) is 6.41. The minimum absolute atomic E-state index is 0.216. The highest BCUT2D eigenvalue weighted by Crippen LogP contribution is 2.34. The van der Waals surface area contributed by atoms with Gasteiger partial charge in [0.25, 0.3) is 0 Å². The van der Waals surface area contributed by atoms with Gasteiger partial charge in [0.05, 0.1) is 5.69 Å². The molecule has 3 aromatic carbocycles. The molecule has 30 heavy (non-hydrogen) atoms. The summed E-state index contributed by atoms with van der Waals surface area (Å²) in [5, 5.41) is 15.6. The van der Waals surface area contributed by atoms with Gasteiger partial charge in [-0.15, -0.1) is 11.3 Å². The summed E-state index contributed by atoms with van der Waals surface area (Å²) in [6.45, 7) is 0. The van der Waals surface area contributed by atoms with E-state index in [9.17, 15) is 9.90 Å². The fraction of sp³-hybridized carbons (Fsp3) is 0.0435. The van der Waals surface area contributed by atoms with Crippen LogP contribution in [0.25, 0.3) is 11.3 Å². The molecule has 0 spiro atoms. The monoisotopic (exact) mass is 435 g/mol. The molecule has 0 aliphatic heterocycles. The van der Waals surface area contributed by atoms with Gasteiger partial charge in [0, 0.05) is 33.5 Å². The van der Waals surface area contributed by atoms with Crippen LogP contribution < -0.4 is 15.2 Å². The summed E-state index contributed by atoms with van der Waals surface area (Å²) in [6.07, 6.45) is -0.216. The van der Waals surface area contributed by atoms with Crippen LogP contribution in [-0.2, 0) is 11.2 Å². The first-order valence-electron chi connectivity index (χ1n) is 9.12. The van der Waals surface area contributed by atoms with Crippen molar-refractivity contribution in [1.82, 2.24) is 4.98 Å². The summed E-state index contributed by atoms with van der Waals surface area (Å²) in [7, 11) is 0. The van der Waals surface area contributed by atoms with Crippen LogP contribution in [0.4, 0.5) is 10.8 Å². The first kappa shape index (κ1) is 19.9. The molecular formula is C23H16ClN2O3S-. The highest BCUT2D eigenvalue weighted by Gasteiger charge is 2.14. The average molecular weight is 436 g/mol. The number of hydrogen-bond donors (Lipinski definition) is 1. The van der Waals surface area contributed by atoms with Crippen LogP contribution in [0.5, 0.6) is 11.5 Å². The molecule has 4 rings (SSSR count). The molecular weight excluding hydrogens is 420 g/mol. The minimum Gasteiger partial charge on any atom is -0.550 e. The lowest BCUT2D eigenvalue weighted by Crippen LogP contribution is -2.24. The third kappa shape index (κ3) is 4.97. The van der Waals surface area contributed by atoms with E-state index in [1.54, 1.807) is 12.1 Å². The van der Waals surface area contributed by atoms with Gasteiger partial charge in [0.2, 0.25) is 0 Å². The number of halogens is 1. The Bertz CT molecular complexity index is 1160.